The third kappa shape index (κ3) is 9.42. The molecule has 0 unspecified atom stereocenters. The molecule has 3 amide bonds. The van der Waals surface area contributed by atoms with Gasteiger partial charge in [-0.3, -0.25) is 44.0 Å². The number of rotatable bonds is 12. The summed E-state index contributed by atoms with van der Waals surface area (Å²) in [6.45, 7) is 0. The number of para-hydroxylation sites is 3. The fourth-order valence-electron chi connectivity index (χ4n) is 8.19. The number of carbonyl (C=O) groups excluding carboxylic acids is 3. The van der Waals surface area contributed by atoms with E-state index in [0.29, 0.717) is 34.1 Å². The van der Waals surface area contributed by atoms with Crippen molar-refractivity contribution in [1.82, 2.24) is 15.0 Å². The number of aromatic nitrogens is 3. The summed E-state index contributed by atoms with van der Waals surface area (Å²) in [5, 5.41) is 0. The fourth-order valence-corrected chi connectivity index (χ4v) is 8.19. The lowest BCUT2D eigenvalue weighted by Crippen LogP contribution is -2.30. The minimum atomic E-state index is -0.476. The molecular formula is C60H42N6O3. The minimum absolute atomic E-state index is 0.109. The maximum atomic E-state index is 15.5. The Hall–Kier alpha value is -9.60. The van der Waals surface area contributed by atoms with Crippen LogP contribution in [0.5, 0.6) is 0 Å². The van der Waals surface area contributed by atoms with Crippen LogP contribution in [0.15, 0.2) is 255 Å². The number of anilines is 6. The van der Waals surface area contributed by atoms with Gasteiger partial charge in [0.15, 0.2) is 0 Å². The second-order valence-corrected chi connectivity index (χ2v) is 16.0. The predicted octanol–water partition coefficient (Wildman–Crippen LogP) is 13.8. The molecule has 0 saturated heterocycles. The molecule has 3 heterocycles. The first kappa shape index (κ1) is 43.3. The molecule has 0 radical (unpaired) electrons. The van der Waals surface area contributed by atoms with E-state index in [-0.39, 0.29) is 16.7 Å². The topological polar surface area (TPSA) is 99.6 Å². The Morgan fingerprint density at radius 3 is 0.928 bits per heavy atom. The van der Waals surface area contributed by atoms with E-state index in [1.54, 1.807) is 51.5 Å². The van der Waals surface area contributed by atoms with Crippen LogP contribution < -0.4 is 14.7 Å². The Kier molecular flexibility index (Phi) is 12.5. The molecule has 0 aliphatic heterocycles. The van der Waals surface area contributed by atoms with Crippen LogP contribution in [0.25, 0.3) is 33.8 Å². The standard InChI is InChI=1S/C60H42N6O3/c67-58(64(49-19-7-2-8-20-49)52-31-27-44(28-32-52)55-25-13-15-37-61-55)46-39-47(59(68)65(50-21-9-3-10-22-50)53-33-29-45(30-34-53)56-26-14-16-38-62-56)41-48(40-46)60(69)66(51-23-11-4-12-24-51)54-35-36-57(63-42-54)43-17-5-1-6-18-43/h1-42H. The van der Waals surface area contributed by atoms with Crippen molar-refractivity contribution in [3.63, 3.8) is 0 Å². The van der Waals surface area contributed by atoms with Gasteiger partial charge in [-0.15, -0.1) is 0 Å². The number of pyridine rings is 3. The monoisotopic (exact) mass is 894 g/mol. The van der Waals surface area contributed by atoms with Gasteiger partial charge >= 0.3 is 0 Å². The van der Waals surface area contributed by atoms with Gasteiger partial charge < -0.3 is 0 Å². The summed E-state index contributed by atoms with van der Waals surface area (Å²) in [5.74, 6) is -1.39. The molecule has 330 valence electrons. The zero-order chi connectivity index (χ0) is 46.9. The van der Waals surface area contributed by atoms with Gasteiger partial charge in [0.1, 0.15) is 0 Å². The Morgan fingerprint density at radius 2 is 0.580 bits per heavy atom. The van der Waals surface area contributed by atoms with Crippen molar-refractivity contribution >= 4 is 51.8 Å². The van der Waals surface area contributed by atoms with Gasteiger partial charge in [0, 0.05) is 74.2 Å². The van der Waals surface area contributed by atoms with Crippen LogP contribution in [0.4, 0.5) is 34.1 Å². The van der Waals surface area contributed by atoms with Gasteiger partial charge in [-0.25, -0.2) is 0 Å². The SMILES string of the molecule is O=C(c1cc(C(=O)N(c2ccccc2)c2ccc(-c3ccccn3)cc2)cc(C(=O)N(c2ccccc2)c2ccc(-c3ccccc3)nc2)c1)N(c1ccccc1)c1ccc(-c2ccccn2)cc1. The van der Waals surface area contributed by atoms with E-state index in [1.807, 2.05) is 218 Å². The molecule has 0 aliphatic carbocycles. The Labute approximate surface area is 399 Å². The molecule has 0 aliphatic rings. The highest BCUT2D eigenvalue weighted by Crippen LogP contribution is 2.35. The quantitative estimate of drug-likeness (QED) is 0.121. The van der Waals surface area contributed by atoms with E-state index < -0.39 is 17.7 Å². The summed E-state index contributed by atoms with van der Waals surface area (Å²) < 4.78 is 0. The maximum absolute atomic E-state index is 15.5. The van der Waals surface area contributed by atoms with Gasteiger partial charge in [0.05, 0.1) is 29.0 Å². The lowest BCUT2D eigenvalue weighted by molar-refractivity contribution is 0.0998. The summed E-state index contributed by atoms with van der Waals surface area (Å²) in [6, 6.07) is 72.6. The van der Waals surface area contributed by atoms with Gasteiger partial charge in [-0.05, 0) is 115 Å². The molecule has 3 aromatic heterocycles. The van der Waals surface area contributed by atoms with E-state index in [1.165, 1.54) is 0 Å². The van der Waals surface area contributed by atoms with Crippen LogP contribution in [-0.2, 0) is 0 Å². The zero-order valence-electron chi connectivity index (χ0n) is 37.2. The number of amides is 3. The molecule has 0 saturated carbocycles. The largest absolute Gasteiger partial charge is 0.277 e. The van der Waals surface area contributed by atoms with Crippen molar-refractivity contribution < 1.29 is 14.4 Å². The first-order valence-electron chi connectivity index (χ1n) is 22.4. The number of hydrogen-bond donors (Lipinski definition) is 0. The summed E-state index contributed by atoms with van der Waals surface area (Å²) in [6.07, 6.45) is 5.13. The molecular weight excluding hydrogens is 853 g/mol. The number of nitrogens with zero attached hydrogens (tertiary/aromatic N) is 6. The van der Waals surface area contributed by atoms with Gasteiger partial charge in [0.25, 0.3) is 17.7 Å². The second-order valence-electron chi connectivity index (χ2n) is 16.0. The molecule has 9 heteroatoms. The van der Waals surface area contributed by atoms with E-state index in [0.717, 1.165) is 33.8 Å². The van der Waals surface area contributed by atoms with E-state index in [9.17, 15) is 0 Å². The lowest BCUT2D eigenvalue weighted by Gasteiger charge is -2.27. The molecule has 7 aromatic carbocycles. The van der Waals surface area contributed by atoms with Gasteiger partial charge in [-0.2, -0.15) is 0 Å². The van der Waals surface area contributed by atoms with Crippen LogP contribution in [0.1, 0.15) is 31.1 Å². The highest BCUT2D eigenvalue weighted by Gasteiger charge is 2.29. The fraction of sp³-hybridized carbons (Fsp3) is 0. The van der Waals surface area contributed by atoms with Gasteiger partial charge in [-0.1, -0.05) is 121 Å². The van der Waals surface area contributed by atoms with Crippen LogP contribution in [0, 0.1) is 0 Å². The highest BCUT2D eigenvalue weighted by molar-refractivity contribution is 6.18. The van der Waals surface area contributed by atoms with Crippen LogP contribution in [-0.4, -0.2) is 32.7 Å². The molecule has 0 N–H and O–H groups in total. The van der Waals surface area contributed by atoms with Crippen LogP contribution in [0.2, 0.25) is 0 Å². The van der Waals surface area contributed by atoms with E-state index in [2.05, 4.69) is 9.97 Å². The Bertz CT molecular complexity index is 2970. The number of carbonyl (C=O) groups is 3. The maximum Gasteiger partial charge on any atom is 0.262 e. The summed E-state index contributed by atoms with van der Waals surface area (Å²) >= 11 is 0. The smallest absolute Gasteiger partial charge is 0.262 e. The first-order chi connectivity index (χ1) is 34.0. The van der Waals surface area contributed by atoms with Crippen molar-refractivity contribution in [1.29, 1.82) is 0 Å². The summed E-state index contributed by atoms with van der Waals surface area (Å²) in [7, 11) is 0. The molecule has 0 spiro atoms. The Balaban J connectivity index is 1.12. The van der Waals surface area contributed by atoms with Crippen LogP contribution >= 0.6 is 0 Å². The zero-order valence-corrected chi connectivity index (χ0v) is 37.2. The highest BCUT2D eigenvalue weighted by atomic mass is 16.2. The number of hydrogen-bond acceptors (Lipinski definition) is 6. The second kappa shape index (κ2) is 19.9. The molecule has 0 fully saturated rings. The van der Waals surface area contributed by atoms with Crippen molar-refractivity contribution in [2.45, 2.75) is 0 Å². The van der Waals surface area contributed by atoms with E-state index in [4.69, 9.17) is 4.98 Å². The Morgan fingerprint density at radius 1 is 0.275 bits per heavy atom. The first-order valence-corrected chi connectivity index (χ1v) is 22.4. The summed E-state index contributed by atoms with van der Waals surface area (Å²) in [4.78, 5) is 64.9. The van der Waals surface area contributed by atoms with E-state index >= 15 is 14.4 Å². The normalized spacial score (nSPS) is 10.8. The molecule has 9 nitrogen and oxygen atoms in total. The van der Waals surface area contributed by atoms with Crippen molar-refractivity contribution in [3.05, 3.63) is 272 Å². The minimum Gasteiger partial charge on any atom is -0.277 e. The van der Waals surface area contributed by atoms with Crippen molar-refractivity contribution in [3.8, 4) is 33.8 Å². The average molecular weight is 895 g/mol. The lowest BCUT2D eigenvalue weighted by atomic mass is 10.0. The van der Waals surface area contributed by atoms with Gasteiger partial charge in [0.2, 0.25) is 0 Å². The molecule has 10 rings (SSSR count). The third-order valence-electron chi connectivity index (χ3n) is 11.6. The molecule has 69 heavy (non-hydrogen) atoms. The van der Waals surface area contributed by atoms with Crippen molar-refractivity contribution in [2.24, 2.45) is 0 Å². The molecule has 10 aromatic rings. The average Bonchev–Trinajstić information content (AvgIpc) is 3.43. The molecule has 0 bridgehead atoms. The van der Waals surface area contributed by atoms with Crippen LogP contribution in [0.3, 0.4) is 0 Å². The summed E-state index contributed by atoms with van der Waals surface area (Å²) in [5.41, 5.74) is 8.73. The molecule has 0 atom stereocenters. The third-order valence-corrected chi connectivity index (χ3v) is 11.6. The number of benzene rings is 7. The predicted molar refractivity (Wildman–Crippen MR) is 274 cm³/mol. The van der Waals surface area contributed by atoms with Crippen molar-refractivity contribution in [2.75, 3.05) is 14.7 Å².